The minimum absolute atomic E-state index is 0.00144. The van der Waals surface area contributed by atoms with Crippen LogP contribution in [-0.4, -0.2) is 22.0 Å². The minimum atomic E-state index is -1.06. The van der Waals surface area contributed by atoms with E-state index in [0.29, 0.717) is 9.88 Å². The number of aromatic carboxylic acids is 1. The number of rotatable bonds is 4. The molecule has 1 amide bonds. The highest BCUT2D eigenvalue weighted by molar-refractivity contribution is 9.10. The summed E-state index contributed by atoms with van der Waals surface area (Å²) in [7, 11) is 0. The van der Waals surface area contributed by atoms with Crippen molar-refractivity contribution in [1.82, 2.24) is 10.3 Å². The van der Waals surface area contributed by atoms with E-state index in [0.717, 1.165) is 4.47 Å². The maximum absolute atomic E-state index is 11.8. The Morgan fingerprint density at radius 1 is 1.44 bits per heavy atom. The Kier molecular flexibility index (Phi) is 4.10. The number of hydrogen-bond donors (Lipinski definition) is 2. The Hall–Kier alpha value is -1.25. The molecule has 0 fully saturated rings. The molecule has 5 nitrogen and oxygen atoms in total. The molecule has 0 spiro atoms. The van der Waals surface area contributed by atoms with E-state index in [1.165, 1.54) is 28.1 Å². The Labute approximate surface area is 119 Å². The average molecular weight is 347 g/mol. The smallest absolute Gasteiger partial charge is 0.355 e. The Balaban J connectivity index is 1.97. The summed E-state index contributed by atoms with van der Waals surface area (Å²) in [5.74, 6) is -1.27. The number of aromatic nitrogens is 1. The predicted molar refractivity (Wildman–Crippen MR) is 72.3 cm³/mol. The Morgan fingerprint density at radius 3 is 2.78 bits per heavy atom. The van der Waals surface area contributed by atoms with Crippen LogP contribution in [0.15, 0.2) is 21.3 Å². The molecule has 2 aromatic rings. The molecule has 0 aliphatic heterocycles. The number of thiophene rings is 1. The van der Waals surface area contributed by atoms with Crippen LogP contribution < -0.4 is 5.32 Å². The highest BCUT2D eigenvalue weighted by atomic mass is 79.9. The van der Waals surface area contributed by atoms with Gasteiger partial charge < -0.3 is 10.4 Å². The van der Waals surface area contributed by atoms with Crippen LogP contribution in [0.2, 0.25) is 0 Å². The monoisotopic (exact) mass is 346 g/mol. The molecule has 0 saturated heterocycles. The van der Waals surface area contributed by atoms with Crippen LogP contribution in [0.5, 0.6) is 0 Å². The quantitative estimate of drug-likeness (QED) is 0.891. The molecule has 2 aromatic heterocycles. The molecule has 2 rings (SSSR count). The molecular weight excluding hydrogens is 340 g/mol. The van der Waals surface area contributed by atoms with Crippen LogP contribution in [0.25, 0.3) is 0 Å². The average Bonchev–Trinajstić information content (AvgIpc) is 2.94. The minimum Gasteiger partial charge on any atom is -0.476 e. The van der Waals surface area contributed by atoms with Crippen molar-refractivity contribution in [2.24, 2.45) is 0 Å². The second-order valence-electron chi connectivity index (χ2n) is 3.21. The first kappa shape index (κ1) is 13.2. The van der Waals surface area contributed by atoms with E-state index in [1.54, 1.807) is 6.07 Å². The van der Waals surface area contributed by atoms with Crippen molar-refractivity contribution in [2.75, 3.05) is 0 Å². The molecule has 0 aliphatic carbocycles. The van der Waals surface area contributed by atoms with E-state index in [-0.39, 0.29) is 18.1 Å². The molecule has 0 aliphatic rings. The summed E-state index contributed by atoms with van der Waals surface area (Å²) in [6.45, 7) is 0.223. The topological polar surface area (TPSA) is 79.3 Å². The predicted octanol–water partition coefficient (Wildman–Crippen LogP) is 2.60. The third-order valence-electron chi connectivity index (χ3n) is 1.99. The lowest BCUT2D eigenvalue weighted by Gasteiger charge is -2.00. The fourth-order valence-corrected chi connectivity index (χ4v) is 3.36. The summed E-state index contributed by atoms with van der Waals surface area (Å²) < 4.78 is 0.746. The molecule has 18 heavy (non-hydrogen) atoms. The molecule has 0 aromatic carbocycles. The van der Waals surface area contributed by atoms with Gasteiger partial charge in [-0.2, -0.15) is 0 Å². The Bertz CT molecular complexity index is 593. The zero-order valence-corrected chi connectivity index (χ0v) is 12.1. The van der Waals surface area contributed by atoms with E-state index >= 15 is 0 Å². The van der Waals surface area contributed by atoms with Crippen LogP contribution in [0.3, 0.4) is 0 Å². The van der Waals surface area contributed by atoms with Gasteiger partial charge in [0.05, 0.1) is 6.54 Å². The third-order valence-corrected chi connectivity index (χ3v) is 4.68. The number of nitrogens with one attached hydrogen (secondary N) is 1. The fraction of sp³-hybridized carbons (Fsp3) is 0.100. The summed E-state index contributed by atoms with van der Waals surface area (Å²) in [5, 5.41) is 15.2. The van der Waals surface area contributed by atoms with Gasteiger partial charge in [-0.25, -0.2) is 9.78 Å². The van der Waals surface area contributed by atoms with Crippen molar-refractivity contribution < 1.29 is 14.7 Å². The van der Waals surface area contributed by atoms with E-state index in [4.69, 9.17) is 5.11 Å². The van der Waals surface area contributed by atoms with Gasteiger partial charge in [-0.1, -0.05) is 0 Å². The van der Waals surface area contributed by atoms with Crippen LogP contribution in [0.1, 0.15) is 25.2 Å². The molecule has 0 atom stereocenters. The van der Waals surface area contributed by atoms with Crippen LogP contribution in [0.4, 0.5) is 0 Å². The first-order valence-corrected chi connectivity index (χ1v) is 7.32. The zero-order valence-electron chi connectivity index (χ0n) is 8.84. The summed E-state index contributed by atoms with van der Waals surface area (Å²) in [4.78, 5) is 26.9. The van der Waals surface area contributed by atoms with Crippen molar-refractivity contribution in [3.8, 4) is 0 Å². The van der Waals surface area contributed by atoms with Gasteiger partial charge in [-0.15, -0.1) is 22.7 Å². The molecule has 0 saturated carbocycles. The van der Waals surface area contributed by atoms with Crippen LogP contribution in [0, 0.1) is 0 Å². The standard InChI is InChI=1S/C10H7BrN2O3S2/c11-5-1-2-17-8(5)9(14)12-3-7-13-6(4-18-7)10(15)16/h1-2,4H,3H2,(H,12,14)(H,15,16). The Morgan fingerprint density at radius 2 is 2.22 bits per heavy atom. The van der Waals surface area contributed by atoms with Gasteiger partial charge in [-0.3, -0.25) is 4.79 Å². The van der Waals surface area contributed by atoms with Gasteiger partial charge in [0.1, 0.15) is 9.88 Å². The third kappa shape index (κ3) is 2.95. The summed E-state index contributed by atoms with van der Waals surface area (Å²) in [6, 6.07) is 1.80. The second-order valence-corrected chi connectivity index (χ2v) is 5.93. The second kappa shape index (κ2) is 5.59. The summed E-state index contributed by atoms with van der Waals surface area (Å²) >= 11 is 5.81. The molecule has 0 radical (unpaired) electrons. The van der Waals surface area contributed by atoms with E-state index < -0.39 is 5.97 Å². The van der Waals surface area contributed by atoms with Crippen LogP contribution in [-0.2, 0) is 6.54 Å². The molecule has 2 heterocycles. The molecular formula is C10H7BrN2O3S2. The van der Waals surface area contributed by atoms with Crippen molar-refractivity contribution in [1.29, 1.82) is 0 Å². The highest BCUT2D eigenvalue weighted by Crippen LogP contribution is 2.22. The van der Waals surface area contributed by atoms with Gasteiger partial charge in [0.15, 0.2) is 5.69 Å². The fourth-order valence-electron chi connectivity index (χ4n) is 1.18. The van der Waals surface area contributed by atoms with E-state index in [2.05, 4.69) is 26.2 Å². The maximum Gasteiger partial charge on any atom is 0.355 e. The maximum atomic E-state index is 11.8. The van der Waals surface area contributed by atoms with Crippen molar-refractivity contribution in [2.45, 2.75) is 6.54 Å². The number of carboxylic acid groups (broad SMARTS) is 1. The molecule has 94 valence electrons. The normalized spacial score (nSPS) is 10.3. The highest BCUT2D eigenvalue weighted by Gasteiger charge is 2.13. The summed E-state index contributed by atoms with van der Waals surface area (Å²) in [6.07, 6.45) is 0. The first-order valence-electron chi connectivity index (χ1n) is 4.77. The van der Waals surface area contributed by atoms with Crippen LogP contribution >= 0.6 is 38.6 Å². The zero-order chi connectivity index (χ0) is 13.1. The SMILES string of the molecule is O=C(O)c1csc(CNC(=O)c2sccc2Br)n1. The molecule has 2 N–H and O–H groups in total. The summed E-state index contributed by atoms with van der Waals surface area (Å²) in [5.41, 5.74) is 0.00144. The van der Waals surface area contributed by atoms with Crippen molar-refractivity contribution in [3.63, 3.8) is 0 Å². The number of amides is 1. The first-order chi connectivity index (χ1) is 8.58. The van der Waals surface area contributed by atoms with Crippen molar-refractivity contribution >= 4 is 50.5 Å². The number of halogens is 1. The van der Waals surface area contributed by atoms with E-state index in [9.17, 15) is 9.59 Å². The van der Waals surface area contributed by atoms with Gasteiger partial charge in [-0.05, 0) is 27.4 Å². The molecule has 0 bridgehead atoms. The lowest BCUT2D eigenvalue weighted by atomic mass is 10.4. The van der Waals surface area contributed by atoms with Gasteiger partial charge in [0.2, 0.25) is 0 Å². The number of carbonyl (C=O) groups is 2. The molecule has 8 heteroatoms. The lowest BCUT2D eigenvalue weighted by Crippen LogP contribution is -2.22. The number of hydrogen-bond acceptors (Lipinski definition) is 5. The lowest BCUT2D eigenvalue weighted by molar-refractivity contribution is 0.0691. The number of carboxylic acids is 1. The van der Waals surface area contributed by atoms with E-state index in [1.807, 2.05) is 5.38 Å². The number of thiazole rings is 1. The number of carbonyl (C=O) groups excluding carboxylic acids is 1. The van der Waals surface area contributed by atoms with Gasteiger partial charge in [0.25, 0.3) is 5.91 Å². The molecule has 0 unspecified atom stereocenters. The van der Waals surface area contributed by atoms with Gasteiger partial charge in [0, 0.05) is 9.85 Å². The largest absolute Gasteiger partial charge is 0.476 e. The van der Waals surface area contributed by atoms with Gasteiger partial charge >= 0.3 is 5.97 Å². The number of nitrogens with zero attached hydrogens (tertiary/aromatic N) is 1. The van der Waals surface area contributed by atoms with Crippen molar-refractivity contribution in [3.05, 3.63) is 36.9 Å².